The second kappa shape index (κ2) is 14.3. The van der Waals surface area contributed by atoms with E-state index >= 15 is 0 Å². The van der Waals surface area contributed by atoms with Crippen LogP contribution < -0.4 is 0 Å². The van der Waals surface area contributed by atoms with Crippen LogP contribution in [0.2, 0.25) is 0 Å². The molecule has 0 atom stereocenters. The van der Waals surface area contributed by atoms with Crippen LogP contribution in [-0.4, -0.2) is 47.8 Å². The van der Waals surface area contributed by atoms with Crippen LogP contribution in [0.3, 0.4) is 0 Å². The second-order valence-electron chi connectivity index (χ2n) is 18.1. The first-order valence-corrected chi connectivity index (χ1v) is 23.8. The van der Waals surface area contributed by atoms with E-state index in [4.69, 9.17) is 24.9 Å². The van der Waals surface area contributed by atoms with E-state index in [0.29, 0.717) is 0 Å². The first-order valence-electron chi connectivity index (χ1n) is 23.8. The monoisotopic (exact) mass is 908 g/mol. The Labute approximate surface area is 403 Å². The van der Waals surface area contributed by atoms with Gasteiger partial charge in [0.05, 0.1) is 111 Å². The van der Waals surface area contributed by atoms with E-state index < -0.39 is 0 Å². The Morgan fingerprint density at radius 1 is 0.211 bits per heavy atom. The average Bonchev–Trinajstić information content (AvgIpc) is 4.23. The summed E-state index contributed by atoms with van der Waals surface area (Å²) in [5.41, 5.74) is 19.2. The van der Waals surface area contributed by atoms with Gasteiger partial charge in [0.15, 0.2) is 0 Å². The van der Waals surface area contributed by atoms with Crippen molar-refractivity contribution >= 4 is 110 Å². The van der Waals surface area contributed by atoms with Crippen LogP contribution in [0.25, 0.3) is 138 Å². The van der Waals surface area contributed by atoms with Gasteiger partial charge in [0.25, 0.3) is 0 Å². The number of pyridine rings is 5. The van der Waals surface area contributed by atoms with E-state index in [1.807, 2.05) is 61.3 Å². The van der Waals surface area contributed by atoms with Crippen molar-refractivity contribution in [2.75, 3.05) is 0 Å². The van der Waals surface area contributed by atoms with E-state index in [-0.39, 0.29) is 0 Å². The zero-order chi connectivity index (χ0) is 46.3. The zero-order valence-electron chi connectivity index (χ0n) is 37.8. The molecule has 330 valence electrons. The van der Waals surface area contributed by atoms with Crippen molar-refractivity contribution in [3.63, 3.8) is 0 Å². The molecule has 0 unspecified atom stereocenters. The van der Waals surface area contributed by atoms with Gasteiger partial charge < -0.3 is 22.8 Å². The van der Waals surface area contributed by atoms with E-state index in [0.717, 1.165) is 138 Å². The molecule has 0 radical (unpaired) electrons. The van der Waals surface area contributed by atoms with Crippen LogP contribution in [0.5, 0.6) is 0 Å². The molecule has 0 aliphatic heterocycles. The van der Waals surface area contributed by atoms with E-state index in [1.54, 1.807) is 0 Å². The van der Waals surface area contributed by atoms with E-state index in [1.165, 1.54) is 0 Å². The molecule has 10 heteroatoms. The molecule has 0 bridgehead atoms. The average molecular weight is 909 g/mol. The lowest BCUT2D eigenvalue weighted by Gasteiger charge is -2.28. The molecule has 10 heterocycles. The van der Waals surface area contributed by atoms with Crippen molar-refractivity contribution in [2.24, 2.45) is 0 Å². The van der Waals surface area contributed by atoms with Crippen molar-refractivity contribution in [1.29, 1.82) is 0 Å². The predicted octanol–water partition coefficient (Wildman–Crippen LogP) is 14.1. The van der Waals surface area contributed by atoms with E-state index in [2.05, 4.69) is 181 Å². The topological polar surface area (TPSA) is 89.1 Å². The van der Waals surface area contributed by atoms with Crippen molar-refractivity contribution in [1.82, 2.24) is 47.8 Å². The van der Waals surface area contributed by atoms with Gasteiger partial charge in [-0.25, -0.2) is 0 Å². The molecular formula is C61H36N10. The molecule has 16 rings (SSSR count). The molecule has 10 nitrogen and oxygen atoms in total. The number of para-hydroxylation sites is 5. The fourth-order valence-electron chi connectivity index (χ4n) is 11.8. The molecule has 0 saturated heterocycles. The summed E-state index contributed by atoms with van der Waals surface area (Å²) < 4.78 is 12.2. The summed E-state index contributed by atoms with van der Waals surface area (Å²) in [6.07, 6.45) is 9.48. The largest absolute Gasteiger partial charge is 0.305 e. The highest BCUT2D eigenvalue weighted by Gasteiger charge is 2.33. The standard InChI is InChI=1S/C61H36N10/c1-6-21-42-37(16-1)54-47(26-11-31-62-54)67(42)52-36-53(68-43-22-7-2-17-38(43)55-48(68)27-12-32-63-55)60(70-45-24-9-4-19-40(45)57-50(70)29-14-34-65-57)61(71-46-25-10-5-20-41(46)58-51(71)30-15-35-66-58)59(52)69-44-23-8-3-18-39(44)56-49(69)28-13-33-64-56/h1-36H. The number of hydrogen-bond acceptors (Lipinski definition) is 5. The lowest BCUT2D eigenvalue weighted by atomic mass is 10.1. The Kier molecular flexibility index (Phi) is 7.67. The third-order valence-corrected chi connectivity index (χ3v) is 14.5. The summed E-state index contributed by atoms with van der Waals surface area (Å²) in [4.78, 5) is 25.7. The summed E-state index contributed by atoms with van der Waals surface area (Å²) in [5.74, 6) is 0. The minimum Gasteiger partial charge on any atom is -0.305 e. The van der Waals surface area contributed by atoms with Gasteiger partial charge in [-0.15, -0.1) is 0 Å². The number of aromatic nitrogens is 10. The Hall–Kier alpha value is -9.93. The Morgan fingerprint density at radius 2 is 0.437 bits per heavy atom. The Morgan fingerprint density at radius 3 is 0.732 bits per heavy atom. The molecule has 10 aromatic heterocycles. The number of hydrogen-bond donors (Lipinski definition) is 0. The number of nitrogens with zero attached hydrogens (tertiary/aromatic N) is 10. The molecule has 0 saturated carbocycles. The van der Waals surface area contributed by atoms with Crippen LogP contribution in [0, 0.1) is 0 Å². The molecule has 0 N–H and O–H groups in total. The third-order valence-electron chi connectivity index (χ3n) is 14.5. The first-order chi connectivity index (χ1) is 35.3. The number of benzene rings is 6. The first kappa shape index (κ1) is 38.1. The van der Waals surface area contributed by atoms with Crippen molar-refractivity contribution in [2.45, 2.75) is 0 Å². The maximum Gasteiger partial charge on any atom is 0.0991 e. The van der Waals surface area contributed by atoms with Crippen molar-refractivity contribution in [3.05, 3.63) is 219 Å². The summed E-state index contributed by atoms with van der Waals surface area (Å²) in [7, 11) is 0. The van der Waals surface area contributed by atoms with Gasteiger partial charge in [0.2, 0.25) is 0 Å². The van der Waals surface area contributed by atoms with Gasteiger partial charge in [-0.2, -0.15) is 0 Å². The summed E-state index contributed by atoms with van der Waals surface area (Å²) in [6.45, 7) is 0. The lowest BCUT2D eigenvalue weighted by Crippen LogP contribution is -2.16. The van der Waals surface area contributed by atoms with Gasteiger partial charge in [-0.1, -0.05) is 91.0 Å². The van der Waals surface area contributed by atoms with Crippen LogP contribution >= 0.6 is 0 Å². The smallest absolute Gasteiger partial charge is 0.0991 e. The van der Waals surface area contributed by atoms with Gasteiger partial charge in [-0.3, -0.25) is 24.9 Å². The third kappa shape index (κ3) is 5.06. The Bertz CT molecular complexity index is 4390. The van der Waals surface area contributed by atoms with Crippen LogP contribution in [-0.2, 0) is 0 Å². The van der Waals surface area contributed by atoms with Crippen LogP contribution in [0.1, 0.15) is 0 Å². The lowest BCUT2D eigenvalue weighted by molar-refractivity contribution is 0.997. The number of fused-ring (bicyclic) bond motifs is 15. The quantitative estimate of drug-likeness (QED) is 0.172. The maximum atomic E-state index is 5.17. The van der Waals surface area contributed by atoms with E-state index in [9.17, 15) is 0 Å². The second-order valence-corrected chi connectivity index (χ2v) is 18.1. The SMILES string of the molecule is c1ccc2c(c1)c1ncccc1n2-c1cc(-n2c3ccccc3c3ncccc32)c(-n2c3ccccc3c3ncccc32)c(-n2c3ccccc3c3ncccc32)c1-n1c2ccccc2c2ncccc21. The normalized spacial score (nSPS) is 12.2. The van der Waals surface area contributed by atoms with Crippen molar-refractivity contribution in [3.8, 4) is 28.4 Å². The highest BCUT2D eigenvalue weighted by molar-refractivity contribution is 6.15. The zero-order valence-corrected chi connectivity index (χ0v) is 37.8. The fraction of sp³-hybridized carbons (Fsp3) is 0. The molecule has 6 aromatic carbocycles. The maximum absolute atomic E-state index is 5.17. The molecule has 0 aliphatic carbocycles. The molecule has 0 aliphatic rings. The summed E-state index contributed by atoms with van der Waals surface area (Å²) in [5, 5.41) is 5.25. The minimum atomic E-state index is 0.904. The highest BCUT2D eigenvalue weighted by atomic mass is 15.2. The van der Waals surface area contributed by atoms with Crippen LogP contribution in [0.4, 0.5) is 0 Å². The summed E-state index contributed by atoms with van der Waals surface area (Å²) in [6, 6.07) is 66.9. The fourth-order valence-corrected chi connectivity index (χ4v) is 11.8. The molecule has 0 fully saturated rings. The molecular weight excluding hydrogens is 873 g/mol. The molecule has 0 spiro atoms. The van der Waals surface area contributed by atoms with Crippen molar-refractivity contribution < 1.29 is 0 Å². The molecule has 16 aromatic rings. The van der Waals surface area contributed by atoms with Gasteiger partial charge in [-0.05, 0) is 97.1 Å². The highest BCUT2D eigenvalue weighted by Crippen LogP contribution is 2.49. The van der Waals surface area contributed by atoms with Crippen LogP contribution in [0.15, 0.2) is 219 Å². The molecule has 0 amide bonds. The number of rotatable bonds is 5. The Balaban J connectivity index is 1.28. The van der Waals surface area contributed by atoms with Gasteiger partial charge >= 0.3 is 0 Å². The molecule has 71 heavy (non-hydrogen) atoms. The predicted molar refractivity (Wildman–Crippen MR) is 287 cm³/mol. The van der Waals surface area contributed by atoms with Gasteiger partial charge in [0, 0.05) is 57.9 Å². The minimum absolute atomic E-state index is 0.904. The van der Waals surface area contributed by atoms with Gasteiger partial charge in [0.1, 0.15) is 0 Å². The summed E-state index contributed by atoms with van der Waals surface area (Å²) >= 11 is 0.